The quantitative estimate of drug-likeness (QED) is 0.414. The first-order chi connectivity index (χ1) is 12.6. The van der Waals surface area contributed by atoms with Gasteiger partial charge < -0.3 is 8.82 Å². The van der Waals surface area contributed by atoms with E-state index in [1.807, 2.05) is 41.9 Å². The molecule has 1 amide bonds. The molecular weight excluding hydrogens is 370 g/mol. The molecule has 132 valence electrons. The van der Waals surface area contributed by atoms with E-state index in [1.165, 1.54) is 23.1 Å². The van der Waals surface area contributed by atoms with Crippen molar-refractivity contribution < 1.29 is 9.21 Å². The van der Waals surface area contributed by atoms with Gasteiger partial charge >= 0.3 is 0 Å². The number of rotatable bonds is 5. The van der Waals surface area contributed by atoms with E-state index in [2.05, 4.69) is 20.5 Å². The van der Waals surface area contributed by atoms with Crippen LogP contribution < -0.4 is 5.32 Å². The van der Waals surface area contributed by atoms with E-state index in [9.17, 15) is 4.79 Å². The van der Waals surface area contributed by atoms with Crippen LogP contribution in [0.15, 0.2) is 45.4 Å². The SMILES string of the molecule is Cc1cc(C(=O)Nc2nnc(SCc3cn4ccccc4n3)s2)c(C)o1. The van der Waals surface area contributed by atoms with Crippen molar-refractivity contribution in [1.29, 1.82) is 0 Å². The van der Waals surface area contributed by atoms with Crippen LogP contribution in [-0.4, -0.2) is 25.5 Å². The number of imidazole rings is 1. The monoisotopic (exact) mass is 385 g/mol. The van der Waals surface area contributed by atoms with Crippen molar-refractivity contribution in [3.8, 4) is 0 Å². The van der Waals surface area contributed by atoms with E-state index in [0.717, 1.165) is 15.7 Å². The number of nitrogens with one attached hydrogen (secondary N) is 1. The van der Waals surface area contributed by atoms with Crippen molar-refractivity contribution in [2.24, 2.45) is 0 Å². The van der Waals surface area contributed by atoms with Crippen LogP contribution in [0.4, 0.5) is 5.13 Å². The molecule has 1 N–H and O–H groups in total. The van der Waals surface area contributed by atoms with Gasteiger partial charge in [-0.15, -0.1) is 10.2 Å². The standard InChI is InChI=1S/C17H15N5O2S2/c1-10-7-13(11(2)24-10)15(23)19-16-20-21-17(26-16)25-9-12-8-22-6-4-3-5-14(22)18-12/h3-8H,9H2,1-2H3,(H,19,20,23). The number of amides is 1. The van der Waals surface area contributed by atoms with Gasteiger partial charge in [0.2, 0.25) is 5.13 Å². The normalized spacial score (nSPS) is 11.2. The van der Waals surface area contributed by atoms with E-state index in [-0.39, 0.29) is 5.91 Å². The van der Waals surface area contributed by atoms with Crippen LogP contribution in [0.5, 0.6) is 0 Å². The Bertz CT molecular complexity index is 1050. The number of hydrogen-bond acceptors (Lipinski definition) is 7. The molecule has 0 spiro atoms. The number of anilines is 1. The number of aromatic nitrogens is 4. The first-order valence-electron chi connectivity index (χ1n) is 7.86. The molecule has 0 saturated carbocycles. The fourth-order valence-corrected chi connectivity index (χ4v) is 4.16. The third kappa shape index (κ3) is 3.49. The summed E-state index contributed by atoms with van der Waals surface area (Å²) in [5.41, 5.74) is 2.39. The van der Waals surface area contributed by atoms with Crippen LogP contribution >= 0.6 is 23.1 Å². The topological polar surface area (TPSA) is 85.3 Å². The highest BCUT2D eigenvalue weighted by Gasteiger charge is 2.16. The molecule has 0 radical (unpaired) electrons. The summed E-state index contributed by atoms with van der Waals surface area (Å²) in [5, 5.41) is 11.4. The van der Waals surface area contributed by atoms with Crippen molar-refractivity contribution in [2.45, 2.75) is 23.9 Å². The van der Waals surface area contributed by atoms with Gasteiger partial charge in [0, 0.05) is 18.1 Å². The van der Waals surface area contributed by atoms with E-state index >= 15 is 0 Å². The molecule has 4 heterocycles. The lowest BCUT2D eigenvalue weighted by Gasteiger charge is -1.98. The van der Waals surface area contributed by atoms with Gasteiger partial charge in [-0.1, -0.05) is 29.2 Å². The second-order valence-corrected chi connectivity index (χ2v) is 7.84. The molecule has 7 nitrogen and oxygen atoms in total. The molecule has 0 fully saturated rings. The molecule has 4 rings (SSSR count). The largest absolute Gasteiger partial charge is 0.466 e. The zero-order valence-electron chi connectivity index (χ0n) is 14.1. The van der Waals surface area contributed by atoms with Gasteiger partial charge in [-0.2, -0.15) is 0 Å². The fourth-order valence-electron chi connectivity index (χ4n) is 2.53. The zero-order valence-corrected chi connectivity index (χ0v) is 15.7. The molecule has 0 unspecified atom stereocenters. The Morgan fingerprint density at radius 1 is 1.35 bits per heavy atom. The Labute approximate surface area is 157 Å². The second kappa shape index (κ2) is 6.93. The molecule has 0 aliphatic heterocycles. The number of furan rings is 1. The van der Waals surface area contributed by atoms with E-state index in [0.29, 0.717) is 28.0 Å². The number of carbonyl (C=O) groups is 1. The van der Waals surface area contributed by atoms with Gasteiger partial charge in [-0.25, -0.2) is 4.98 Å². The fraction of sp³-hybridized carbons (Fsp3) is 0.176. The molecule has 9 heteroatoms. The first kappa shape index (κ1) is 16.8. The van der Waals surface area contributed by atoms with Gasteiger partial charge in [0.25, 0.3) is 5.91 Å². The summed E-state index contributed by atoms with van der Waals surface area (Å²) in [7, 11) is 0. The van der Waals surface area contributed by atoms with Crippen LogP contribution in [0.3, 0.4) is 0 Å². The van der Waals surface area contributed by atoms with Crippen molar-refractivity contribution >= 4 is 39.8 Å². The molecular formula is C17H15N5O2S2. The minimum atomic E-state index is -0.243. The number of carbonyl (C=O) groups excluding carboxylic acids is 1. The maximum absolute atomic E-state index is 12.3. The summed E-state index contributed by atoms with van der Waals surface area (Å²) in [4.78, 5) is 16.8. The Hall–Kier alpha value is -2.65. The van der Waals surface area contributed by atoms with Gasteiger partial charge in [-0.3, -0.25) is 10.1 Å². The van der Waals surface area contributed by atoms with Gasteiger partial charge in [0.1, 0.15) is 17.2 Å². The van der Waals surface area contributed by atoms with Crippen molar-refractivity contribution in [3.05, 3.63) is 59.4 Å². The molecule has 26 heavy (non-hydrogen) atoms. The molecule has 0 aliphatic rings. The third-order valence-electron chi connectivity index (χ3n) is 3.67. The minimum absolute atomic E-state index is 0.243. The molecule has 0 atom stereocenters. The summed E-state index contributed by atoms with van der Waals surface area (Å²) < 4.78 is 8.14. The number of aryl methyl sites for hydroxylation is 2. The van der Waals surface area contributed by atoms with Crippen LogP contribution in [0, 0.1) is 13.8 Å². The Balaban J connectivity index is 1.39. The number of nitrogens with zero attached hydrogens (tertiary/aromatic N) is 4. The maximum atomic E-state index is 12.3. The van der Waals surface area contributed by atoms with Gasteiger partial charge in [-0.05, 0) is 32.0 Å². The lowest BCUT2D eigenvalue weighted by molar-refractivity contribution is 0.102. The Kier molecular flexibility index (Phi) is 4.48. The van der Waals surface area contributed by atoms with Crippen molar-refractivity contribution in [3.63, 3.8) is 0 Å². The maximum Gasteiger partial charge on any atom is 0.261 e. The average molecular weight is 385 g/mol. The molecule has 4 aromatic heterocycles. The zero-order chi connectivity index (χ0) is 18.1. The highest BCUT2D eigenvalue weighted by molar-refractivity contribution is 8.00. The molecule has 4 aromatic rings. The van der Waals surface area contributed by atoms with E-state index in [1.54, 1.807) is 13.0 Å². The second-order valence-electron chi connectivity index (χ2n) is 5.64. The van der Waals surface area contributed by atoms with Crippen molar-refractivity contribution in [2.75, 3.05) is 5.32 Å². The van der Waals surface area contributed by atoms with E-state index in [4.69, 9.17) is 4.42 Å². The van der Waals surface area contributed by atoms with Gasteiger partial charge in [0.05, 0.1) is 11.3 Å². The number of pyridine rings is 1. The molecule has 0 aromatic carbocycles. The van der Waals surface area contributed by atoms with Crippen LogP contribution in [0.1, 0.15) is 27.6 Å². The predicted octanol–water partition coefficient (Wildman–Crippen LogP) is 3.94. The Morgan fingerprint density at radius 2 is 2.23 bits per heavy atom. The highest BCUT2D eigenvalue weighted by Crippen LogP contribution is 2.28. The smallest absolute Gasteiger partial charge is 0.261 e. The first-order valence-corrected chi connectivity index (χ1v) is 9.66. The molecule has 0 bridgehead atoms. The summed E-state index contributed by atoms with van der Waals surface area (Å²) in [6, 6.07) is 7.60. The summed E-state index contributed by atoms with van der Waals surface area (Å²) >= 11 is 2.88. The average Bonchev–Trinajstić information content (AvgIpc) is 3.31. The molecule has 0 aliphatic carbocycles. The predicted molar refractivity (Wildman–Crippen MR) is 101 cm³/mol. The minimum Gasteiger partial charge on any atom is -0.466 e. The lowest BCUT2D eigenvalue weighted by Crippen LogP contribution is -2.11. The van der Waals surface area contributed by atoms with Crippen LogP contribution in [0.2, 0.25) is 0 Å². The molecule has 0 saturated heterocycles. The third-order valence-corrected chi connectivity index (χ3v) is 5.68. The highest BCUT2D eigenvalue weighted by atomic mass is 32.2. The number of hydrogen-bond donors (Lipinski definition) is 1. The summed E-state index contributed by atoms with van der Waals surface area (Å²) in [6.45, 7) is 3.57. The van der Waals surface area contributed by atoms with Gasteiger partial charge in [0.15, 0.2) is 4.34 Å². The van der Waals surface area contributed by atoms with Crippen LogP contribution in [0.25, 0.3) is 5.65 Å². The van der Waals surface area contributed by atoms with E-state index < -0.39 is 0 Å². The summed E-state index contributed by atoms with van der Waals surface area (Å²) in [6.07, 6.45) is 3.96. The Morgan fingerprint density at radius 3 is 3.00 bits per heavy atom. The number of fused-ring (bicyclic) bond motifs is 1. The lowest BCUT2D eigenvalue weighted by atomic mass is 10.2. The van der Waals surface area contributed by atoms with Crippen molar-refractivity contribution in [1.82, 2.24) is 19.6 Å². The number of thioether (sulfide) groups is 1. The van der Waals surface area contributed by atoms with Crippen LogP contribution in [-0.2, 0) is 5.75 Å². The summed E-state index contributed by atoms with van der Waals surface area (Å²) in [5.74, 6) is 1.73.